The van der Waals surface area contributed by atoms with Crippen LogP contribution >= 0.6 is 12.2 Å². The molecule has 9 heteroatoms. The number of carbonyl (C=O) groups excluding carboxylic acids is 1. The second-order valence-electron chi connectivity index (χ2n) is 4.85. The number of aromatic nitrogens is 4. The lowest BCUT2D eigenvalue weighted by atomic mass is 10.2. The number of nitrogens with one attached hydrogen (secondary N) is 2. The first-order valence-corrected chi connectivity index (χ1v) is 7.05. The Kier molecular flexibility index (Phi) is 5.37. The summed E-state index contributed by atoms with van der Waals surface area (Å²) in [5, 5.41) is 17.0. The minimum Gasteiger partial charge on any atom is -0.465 e. The highest BCUT2D eigenvalue weighted by Gasteiger charge is 2.07. The van der Waals surface area contributed by atoms with Crippen LogP contribution in [-0.2, 0) is 11.3 Å². The minimum absolute atomic E-state index is 0.0955. The van der Waals surface area contributed by atoms with Crippen molar-refractivity contribution in [2.45, 2.75) is 20.4 Å². The third kappa shape index (κ3) is 5.09. The first-order valence-electron chi connectivity index (χ1n) is 6.64. The predicted octanol–water partition coefficient (Wildman–Crippen LogP) is 1.45. The monoisotopic (exact) mass is 320 g/mol. The molecule has 2 N–H and O–H groups in total. The van der Waals surface area contributed by atoms with Crippen LogP contribution in [0.2, 0.25) is 0 Å². The minimum atomic E-state index is -0.386. The lowest BCUT2D eigenvalue weighted by Gasteiger charge is -2.03. The molecule has 2 aromatic heterocycles. The van der Waals surface area contributed by atoms with Crippen LogP contribution in [0, 0.1) is 5.92 Å². The van der Waals surface area contributed by atoms with E-state index < -0.39 is 0 Å². The van der Waals surface area contributed by atoms with Gasteiger partial charge in [-0.25, -0.2) is 0 Å². The molecule has 0 fully saturated rings. The number of nitrogens with zero attached hydrogens (tertiary/aromatic N) is 4. The van der Waals surface area contributed by atoms with E-state index >= 15 is 0 Å². The van der Waals surface area contributed by atoms with Gasteiger partial charge in [0.05, 0.1) is 12.8 Å². The number of anilines is 1. The molecule has 0 aromatic carbocycles. The van der Waals surface area contributed by atoms with E-state index in [-0.39, 0.29) is 17.0 Å². The summed E-state index contributed by atoms with van der Waals surface area (Å²) >= 11 is 5.01. The van der Waals surface area contributed by atoms with E-state index in [0.717, 1.165) is 0 Å². The van der Waals surface area contributed by atoms with Crippen LogP contribution in [0.4, 0.5) is 5.95 Å². The first-order chi connectivity index (χ1) is 10.5. The fourth-order valence-electron chi connectivity index (χ4n) is 1.53. The summed E-state index contributed by atoms with van der Waals surface area (Å²) in [6.45, 7) is 4.75. The average Bonchev–Trinajstić information content (AvgIpc) is 3.07. The number of amides is 1. The summed E-state index contributed by atoms with van der Waals surface area (Å²) < 4.78 is 5.07. The van der Waals surface area contributed by atoms with Gasteiger partial charge in [0.25, 0.3) is 5.95 Å². The zero-order chi connectivity index (χ0) is 15.9. The van der Waals surface area contributed by atoms with Crippen molar-refractivity contribution >= 4 is 35.3 Å². The van der Waals surface area contributed by atoms with Gasteiger partial charge in [-0.05, 0) is 41.6 Å². The lowest BCUT2D eigenvalue weighted by Crippen LogP contribution is -2.33. The van der Waals surface area contributed by atoms with E-state index in [1.165, 1.54) is 23.2 Å². The van der Waals surface area contributed by atoms with Gasteiger partial charge >= 0.3 is 0 Å². The maximum absolute atomic E-state index is 11.7. The maximum Gasteiger partial charge on any atom is 0.269 e. The number of rotatable bonds is 5. The molecule has 0 aliphatic heterocycles. The van der Waals surface area contributed by atoms with Crippen molar-refractivity contribution in [1.29, 1.82) is 0 Å². The van der Waals surface area contributed by atoms with Crippen LogP contribution in [-0.4, -0.2) is 31.2 Å². The maximum atomic E-state index is 11.7. The summed E-state index contributed by atoms with van der Waals surface area (Å²) in [5.41, 5.74) is 0. The number of carbonyl (C=O) groups is 1. The first kappa shape index (κ1) is 15.8. The average molecular weight is 320 g/mol. The summed E-state index contributed by atoms with van der Waals surface area (Å²) in [7, 11) is 0. The molecule has 8 nitrogen and oxygen atoms in total. The molecular formula is C13H16N6O2S. The van der Waals surface area contributed by atoms with E-state index in [2.05, 4.69) is 26.0 Å². The largest absolute Gasteiger partial charge is 0.465 e. The van der Waals surface area contributed by atoms with Crippen molar-refractivity contribution in [3.05, 3.63) is 30.2 Å². The Bertz CT molecular complexity index is 662. The third-order valence-electron chi connectivity index (χ3n) is 2.39. The van der Waals surface area contributed by atoms with Crippen molar-refractivity contribution in [3.63, 3.8) is 0 Å². The number of tetrazole rings is 1. The molecule has 0 aliphatic carbocycles. The topological polar surface area (TPSA) is 97.9 Å². The summed E-state index contributed by atoms with van der Waals surface area (Å²) in [4.78, 5) is 13.1. The number of hydrogen-bond donors (Lipinski definition) is 2. The van der Waals surface area contributed by atoms with Crippen molar-refractivity contribution < 1.29 is 9.21 Å². The zero-order valence-corrected chi connectivity index (χ0v) is 13.0. The standard InChI is InChI=1S/C13H16N6O2S/c1-9(2)8-19-17-12(16-18-19)15-13(22)14-11(20)6-5-10-4-3-7-21-10/h3-7,9H,8H2,1-2H3,(H2,14,15,17,20,22)/b6-5+. The van der Waals surface area contributed by atoms with Gasteiger partial charge in [-0.2, -0.15) is 4.80 Å². The van der Waals surface area contributed by atoms with Crippen LogP contribution in [0.3, 0.4) is 0 Å². The molecule has 2 rings (SSSR count). The van der Waals surface area contributed by atoms with Gasteiger partial charge in [-0.15, -0.1) is 5.10 Å². The lowest BCUT2D eigenvalue weighted by molar-refractivity contribution is -0.115. The van der Waals surface area contributed by atoms with Gasteiger partial charge in [0.2, 0.25) is 5.91 Å². The molecule has 1 amide bonds. The Morgan fingerprint density at radius 3 is 3.05 bits per heavy atom. The molecule has 0 atom stereocenters. The van der Waals surface area contributed by atoms with Gasteiger partial charge in [-0.3, -0.25) is 15.4 Å². The van der Waals surface area contributed by atoms with Gasteiger partial charge in [0.1, 0.15) is 5.76 Å². The highest BCUT2D eigenvalue weighted by molar-refractivity contribution is 7.80. The van der Waals surface area contributed by atoms with Crippen molar-refractivity contribution in [2.24, 2.45) is 5.92 Å². The smallest absolute Gasteiger partial charge is 0.269 e. The van der Waals surface area contributed by atoms with E-state index in [9.17, 15) is 4.79 Å². The van der Waals surface area contributed by atoms with E-state index in [4.69, 9.17) is 16.6 Å². The molecule has 2 heterocycles. The number of hydrogen-bond acceptors (Lipinski definition) is 6. The summed E-state index contributed by atoms with van der Waals surface area (Å²) in [5.74, 6) is 0.831. The fourth-order valence-corrected chi connectivity index (χ4v) is 1.72. The van der Waals surface area contributed by atoms with Crippen LogP contribution in [0.25, 0.3) is 6.08 Å². The Hall–Kier alpha value is -2.55. The Morgan fingerprint density at radius 1 is 1.55 bits per heavy atom. The number of thiocarbonyl (C=S) groups is 1. The third-order valence-corrected chi connectivity index (χ3v) is 2.59. The quantitative estimate of drug-likeness (QED) is 0.635. The number of furan rings is 1. The molecule has 0 bridgehead atoms. The van der Waals surface area contributed by atoms with Gasteiger partial charge in [0.15, 0.2) is 5.11 Å². The van der Waals surface area contributed by atoms with Crippen molar-refractivity contribution in [2.75, 3.05) is 5.32 Å². The van der Waals surface area contributed by atoms with Crippen LogP contribution in [0.5, 0.6) is 0 Å². The van der Waals surface area contributed by atoms with E-state index in [0.29, 0.717) is 18.2 Å². The van der Waals surface area contributed by atoms with Crippen LogP contribution in [0.1, 0.15) is 19.6 Å². The summed E-state index contributed by atoms with van der Waals surface area (Å²) in [6, 6.07) is 3.47. The molecule has 0 saturated heterocycles. The molecule has 0 spiro atoms. The Balaban J connectivity index is 1.82. The Labute approximate surface area is 132 Å². The SMILES string of the molecule is CC(C)Cn1nnc(NC(=S)NC(=O)/C=C/c2ccco2)n1. The molecule has 2 aromatic rings. The molecule has 0 unspecified atom stereocenters. The summed E-state index contributed by atoms with van der Waals surface area (Å²) in [6.07, 6.45) is 4.38. The van der Waals surface area contributed by atoms with Crippen LogP contribution < -0.4 is 10.6 Å². The van der Waals surface area contributed by atoms with Crippen molar-refractivity contribution in [3.8, 4) is 0 Å². The molecular weight excluding hydrogens is 304 g/mol. The second kappa shape index (κ2) is 7.46. The van der Waals surface area contributed by atoms with Gasteiger partial charge in [0, 0.05) is 6.08 Å². The molecule has 22 heavy (non-hydrogen) atoms. The van der Waals surface area contributed by atoms with Gasteiger partial charge < -0.3 is 4.42 Å². The van der Waals surface area contributed by atoms with E-state index in [1.807, 2.05) is 13.8 Å². The van der Waals surface area contributed by atoms with Crippen LogP contribution in [0.15, 0.2) is 28.9 Å². The molecule has 0 radical (unpaired) electrons. The highest BCUT2D eigenvalue weighted by Crippen LogP contribution is 2.02. The molecule has 116 valence electrons. The second-order valence-corrected chi connectivity index (χ2v) is 5.26. The zero-order valence-electron chi connectivity index (χ0n) is 12.2. The normalized spacial score (nSPS) is 11.0. The Morgan fingerprint density at radius 2 is 2.36 bits per heavy atom. The van der Waals surface area contributed by atoms with E-state index in [1.54, 1.807) is 12.1 Å². The van der Waals surface area contributed by atoms with Gasteiger partial charge in [-0.1, -0.05) is 18.9 Å². The molecule has 0 aliphatic rings. The highest BCUT2D eigenvalue weighted by atomic mass is 32.1. The van der Waals surface area contributed by atoms with Crippen molar-refractivity contribution in [1.82, 2.24) is 25.5 Å². The molecule has 0 saturated carbocycles. The predicted molar refractivity (Wildman–Crippen MR) is 84.8 cm³/mol. The fraction of sp³-hybridized carbons (Fsp3) is 0.308.